The van der Waals surface area contributed by atoms with E-state index in [0.717, 1.165) is 18.5 Å². The number of hydrogen-bond acceptors (Lipinski definition) is 4. The molecule has 1 aromatic heterocycles. The Morgan fingerprint density at radius 2 is 1.90 bits per heavy atom. The number of rotatable bonds is 8. The molecule has 0 aliphatic carbocycles. The van der Waals surface area contributed by atoms with Crippen molar-refractivity contribution in [3.8, 4) is 5.88 Å². The van der Waals surface area contributed by atoms with Crippen LogP contribution in [0.1, 0.15) is 44.5 Å². The fourth-order valence-corrected chi connectivity index (χ4v) is 1.70. The van der Waals surface area contributed by atoms with Gasteiger partial charge in [0, 0.05) is 19.4 Å². The van der Waals surface area contributed by atoms with E-state index in [1.165, 1.54) is 0 Å². The van der Waals surface area contributed by atoms with E-state index in [2.05, 4.69) is 15.3 Å². The summed E-state index contributed by atoms with van der Waals surface area (Å²) in [7, 11) is 0. The Balaban J connectivity index is 2.71. The zero-order valence-electron chi connectivity index (χ0n) is 12.7. The maximum atomic E-state index is 12.1. The van der Waals surface area contributed by atoms with Crippen molar-refractivity contribution in [1.29, 1.82) is 0 Å². The predicted octanol–water partition coefficient (Wildman–Crippen LogP) is 3.89. The Kier molecular flexibility index (Phi) is 6.71. The number of aromatic nitrogens is 2. The molecule has 0 aliphatic heterocycles. The van der Waals surface area contributed by atoms with Crippen LogP contribution in [0.25, 0.3) is 0 Å². The molecule has 0 aromatic carbocycles. The fourth-order valence-electron chi connectivity index (χ4n) is 1.70. The lowest BCUT2D eigenvalue weighted by molar-refractivity contribution is -0.136. The third kappa shape index (κ3) is 6.18. The highest BCUT2D eigenvalue weighted by molar-refractivity contribution is 5.48. The van der Waals surface area contributed by atoms with Gasteiger partial charge in [0.05, 0.1) is 12.2 Å². The van der Waals surface area contributed by atoms with Crippen molar-refractivity contribution >= 4 is 5.82 Å². The van der Waals surface area contributed by atoms with Crippen LogP contribution >= 0.6 is 0 Å². The highest BCUT2D eigenvalue weighted by Gasteiger charge is 2.26. The molecular weight excluding hydrogens is 283 g/mol. The molecule has 4 nitrogen and oxygen atoms in total. The van der Waals surface area contributed by atoms with Crippen LogP contribution in [0.15, 0.2) is 0 Å². The molecule has 120 valence electrons. The first kappa shape index (κ1) is 17.5. The van der Waals surface area contributed by atoms with E-state index < -0.39 is 12.6 Å². The fraction of sp³-hybridized carbons (Fsp3) is 0.714. The summed E-state index contributed by atoms with van der Waals surface area (Å²) in [5.74, 6) is 1.67. The van der Waals surface area contributed by atoms with Gasteiger partial charge >= 0.3 is 6.18 Å². The number of nitrogens with one attached hydrogen (secondary N) is 1. The largest absolute Gasteiger partial charge is 0.477 e. The van der Waals surface area contributed by atoms with E-state index in [-0.39, 0.29) is 13.0 Å². The van der Waals surface area contributed by atoms with Crippen LogP contribution in [0.2, 0.25) is 0 Å². The number of aryl methyl sites for hydroxylation is 1. The molecule has 1 heterocycles. The summed E-state index contributed by atoms with van der Waals surface area (Å²) in [6.07, 6.45) is -3.48. The first-order valence-corrected chi connectivity index (χ1v) is 7.18. The molecule has 0 fully saturated rings. The van der Waals surface area contributed by atoms with Crippen LogP contribution < -0.4 is 10.1 Å². The van der Waals surface area contributed by atoms with E-state index in [0.29, 0.717) is 23.9 Å². The second-order valence-corrected chi connectivity index (χ2v) is 4.77. The zero-order valence-corrected chi connectivity index (χ0v) is 12.7. The maximum Gasteiger partial charge on any atom is 0.389 e. The van der Waals surface area contributed by atoms with Gasteiger partial charge in [-0.15, -0.1) is 0 Å². The minimum absolute atomic E-state index is 0.00621. The summed E-state index contributed by atoms with van der Waals surface area (Å²) in [5, 5.41) is 3.18. The summed E-state index contributed by atoms with van der Waals surface area (Å²) >= 11 is 0. The van der Waals surface area contributed by atoms with Crippen LogP contribution in [0.5, 0.6) is 5.88 Å². The molecule has 0 amide bonds. The van der Waals surface area contributed by atoms with Crippen molar-refractivity contribution in [3.05, 3.63) is 11.4 Å². The molecule has 1 rings (SSSR count). The normalized spacial score (nSPS) is 11.5. The first-order chi connectivity index (χ1) is 9.87. The molecule has 0 atom stereocenters. The molecule has 0 bridgehead atoms. The third-order valence-corrected chi connectivity index (χ3v) is 2.85. The molecular formula is C14H22F3N3O. The summed E-state index contributed by atoms with van der Waals surface area (Å²) in [6, 6.07) is 0. The summed E-state index contributed by atoms with van der Waals surface area (Å²) in [5.41, 5.74) is 0.729. The molecule has 1 N–H and O–H groups in total. The Morgan fingerprint density at radius 3 is 2.48 bits per heavy atom. The van der Waals surface area contributed by atoms with E-state index in [1.54, 1.807) is 6.92 Å². The zero-order chi connectivity index (χ0) is 15.9. The molecule has 1 aromatic rings. The topological polar surface area (TPSA) is 47.0 Å². The summed E-state index contributed by atoms with van der Waals surface area (Å²) in [4.78, 5) is 8.61. The number of halogens is 3. The monoisotopic (exact) mass is 305 g/mol. The van der Waals surface area contributed by atoms with Gasteiger partial charge in [0.15, 0.2) is 0 Å². The van der Waals surface area contributed by atoms with E-state index in [9.17, 15) is 13.2 Å². The minimum Gasteiger partial charge on any atom is -0.477 e. The molecule has 0 saturated carbocycles. The van der Waals surface area contributed by atoms with Crippen LogP contribution in [-0.2, 0) is 6.42 Å². The quantitative estimate of drug-likeness (QED) is 0.740. The number of ether oxygens (including phenoxy) is 1. The summed E-state index contributed by atoms with van der Waals surface area (Å²) < 4.78 is 41.7. The minimum atomic E-state index is -4.15. The Morgan fingerprint density at radius 1 is 1.19 bits per heavy atom. The molecule has 7 heteroatoms. The van der Waals surface area contributed by atoms with Crippen LogP contribution in [0.3, 0.4) is 0 Å². The molecule has 0 radical (unpaired) electrons. The molecule has 0 spiro atoms. The molecule has 0 saturated heterocycles. The van der Waals surface area contributed by atoms with Gasteiger partial charge in [0.2, 0.25) is 5.88 Å². The van der Waals surface area contributed by atoms with Gasteiger partial charge in [-0.1, -0.05) is 13.8 Å². The van der Waals surface area contributed by atoms with Gasteiger partial charge < -0.3 is 10.1 Å². The molecule has 0 unspecified atom stereocenters. The molecule has 21 heavy (non-hydrogen) atoms. The highest BCUT2D eigenvalue weighted by atomic mass is 19.4. The predicted molar refractivity (Wildman–Crippen MR) is 75.7 cm³/mol. The van der Waals surface area contributed by atoms with E-state index in [4.69, 9.17) is 4.74 Å². The smallest absolute Gasteiger partial charge is 0.389 e. The lowest BCUT2D eigenvalue weighted by Crippen LogP contribution is -2.12. The van der Waals surface area contributed by atoms with Crippen molar-refractivity contribution in [2.24, 2.45) is 0 Å². The molecule has 0 aliphatic rings. The van der Waals surface area contributed by atoms with Gasteiger partial charge in [-0.05, 0) is 19.8 Å². The lowest BCUT2D eigenvalue weighted by Gasteiger charge is -2.14. The van der Waals surface area contributed by atoms with Crippen molar-refractivity contribution in [3.63, 3.8) is 0 Å². The van der Waals surface area contributed by atoms with Gasteiger partial charge in [-0.2, -0.15) is 18.2 Å². The van der Waals surface area contributed by atoms with Gasteiger partial charge in [0.25, 0.3) is 0 Å². The highest BCUT2D eigenvalue weighted by Crippen LogP contribution is 2.24. The first-order valence-electron chi connectivity index (χ1n) is 7.18. The third-order valence-electron chi connectivity index (χ3n) is 2.85. The number of alkyl halides is 3. The van der Waals surface area contributed by atoms with Crippen LogP contribution in [0.4, 0.5) is 19.0 Å². The summed E-state index contributed by atoms with van der Waals surface area (Å²) in [6.45, 7) is 6.53. The van der Waals surface area contributed by atoms with Gasteiger partial charge in [-0.3, -0.25) is 0 Å². The number of anilines is 1. The van der Waals surface area contributed by atoms with E-state index in [1.807, 2.05) is 13.8 Å². The average molecular weight is 305 g/mol. The van der Waals surface area contributed by atoms with Crippen molar-refractivity contribution in [2.45, 2.75) is 52.6 Å². The second kappa shape index (κ2) is 8.05. The van der Waals surface area contributed by atoms with Crippen molar-refractivity contribution in [1.82, 2.24) is 9.97 Å². The van der Waals surface area contributed by atoms with Gasteiger partial charge in [-0.25, -0.2) is 4.98 Å². The van der Waals surface area contributed by atoms with E-state index >= 15 is 0 Å². The van der Waals surface area contributed by atoms with Crippen molar-refractivity contribution in [2.75, 3.05) is 18.5 Å². The standard InChI is InChI=1S/C14H22F3N3O/c1-4-8-18-12-10(3)13(20-11(5-2)19-12)21-9-6-7-14(15,16)17/h4-9H2,1-3H3,(H,18,19,20). The maximum absolute atomic E-state index is 12.1. The lowest BCUT2D eigenvalue weighted by atomic mass is 10.3. The SMILES string of the molecule is CCCNc1nc(CC)nc(OCCCC(F)(F)F)c1C. The van der Waals surface area contributed by atoms with Crippen LogP contribution in [0, 0.1) is 6.92 Å². The number of hydrogen-bond donors (Lipinski definition) is 1. The van der Waals surface area contributed by atoms with Crippen LogP contribution in [-0.4, -0.2) is 29.3 Å². The Hall–Kier alpha value is -1.53. The Labute approximate surface area is 123 Å². The van der Waals surface area contributed by atoms with Gasteiger partial charge in [0.1, 0.15) is 11.6 Å². The van der Waals surface area contributed by atoms with Crippen molar-refractivity contribution < 1.29 is 17.9 Å². The Bertz CT molecular complexity index is 450. The average Bonchev–Trinajstić information content (AvgIpc) is 2.42. The number of nitrogens with zero attached hydrogens (tertiary/aromatic N) is 2. The second-order valence-electron chi connectivity index (χ2n) is 4.77.